The van der Waals surface area contributed by atoms with E-state index in [1.165, 1.54) is 0 Å². The maximum Gasteiger partial charge on any atom is -0.0776 e. The lowest BCUT2D eigenvalue weighted by atomic mass is 12.0. The van der Waals surface area contributed by atoms with Gasteiger partial charge >= 0.3 is 0 Å². The number of rotatable bonds is 0. The van der Waals surface area contributed by atoms with Crippen LogP contribution in [0.1, 0.15) is 810 Å². The Morgan fingerprint density at radius 3 is 0.00917 bits per heavy atom. The maximum atomic E-state index is 0. The van der Waals surface area contributed by atoms with Crippen LogP contribution in [0.2, 0.25) is 0 Å². The van der Waals surface area contributed by atoms with Crippen LogP contribution in [0.3, 0.4) is 0 Å². The first-order valence-electron chi connectivity index (χ1n) is 0. The van der Waals surface area contributed by atoms with Crippen LogP contribution in [0.5, 0.6) is 0 Å². The Labute approximate surface area is 805 Å². The second-order valence-electron chi connectivity index (χ2n) is 0. The van der Waals surface area contributed by atoms with Crippen molar-refractivity contribution in [3.8, 4) is 0 Å². The molecule has 0 aliphatic rings. The van der Waals surface area contributed by atoms with Crippen molar-refractivity contribution in [1.82, 2.24) is 0 Å². The van der Waals surface area contributed by atoms with Gasteiger partial charge in [-0.25, -0.2) is 0 Å². The molecule has 0 nitrogen and oxygen atoms in total. The summed E-state index contributed by atoms with van der Waals surface area (Å²) in [4.78, 5) is 0. The molecule has 0 aliphatic heterocycles. The molecule has 0 saturated carbocycles. The normalized spacial score (nSPS) is 0. The number of hydrogen-bond donors (Lipinski definition) is 0. The molecule has 0 rings (SSSR count). The molecule has 0 fully saturated rings. The Morgan fingerprint density at radius 1 is 0.00917 bits per heavy atom. The Hall–Kier alpha value is 0. The predicted octanol–water partition coefficient (Wildman–Crippen LogP) is 69.3. The van der Waals surface area contributed by atoms with E-state index < -0.39 is 0 Å². The molecular formula is C109H436. The fraction of sp³-hybridized carbons (Fsp3) is 1.00. The summed E-state index contributed by atoms with van der Waals surface area (Å²) in [6.07, 6.45) is 0. The van der Waals surface area contributed by atoms with E-state index in [1.807, 2.05) is 0 Å². The second-order valence-corrected chi connectivity index (χ2v) is 0. The highest BCUT2D eigenvalue weighted by molar-refractivity contribution is 2.61. The van der Waals surface area contributed by atoms with Crippen molar-refractivity contribution in [2.24, 2.45) is 0 Å². The topological polar surface area (TPSA) is 0 Å². The Bertz CT molecular complexity index is 0. The van der Waals surface area contributed by atoms with Gasteiger partial charge in [-0.3, -0.25) is 0 Å². The van der Waals surface area contributed by atoms with Crippen molar-refractivity contribution in [1.29, 1.82) is 0 Å². The average Bonchev–Trinajstić information content (AvgIpc) is 0. The minimum absolute atomic E-state index is 0. The molecule has 0 unspecified atom stereocenters. The smallest absolute Gasteiger partial charge is 0.0776 e. The van der Waals surface area contributed by atoms with Crippen LogP contribution in [0.25, 0.3) is 0 Å². The van der Waals surface area contributed by atoms with Crippen LogP contribution in [-0.2, 0) is 0 Å². The zero-order valence-electron chi connectivity index (χ0n) is 0. The molecule has 0 saturated heterocycles. The highest BCUT2D eigenvalue weighted by Crippen LogP contribution is 0.252. The van der Waals surface area contributed by atoms with Gasteiger partial charge < -0.3 is 0 Å². The molecule has 0 aromatic heterocycles. The van der Waals surface area contributed by atoms with E-state index in [1.54, 1.807) is 0 Å². The molecular weight excluding hydrogens is 1310 g/mol. The van der Waals surface area contributed by atoms with Crippen LogP contribution < -0.4 is 0 Å². The van der Waals surface area contributed by atoms with Crippen molar-refractivity contribution >= 4 is 0 Å². The first-order valence-corrected chi connectivity index (χ1v) is 0. The highest BCUT2D eigenvalue weighted by atomic mass is 12.1. The third-order valence-electron chi connectivity index (χ3n) is 0. The quantitative estimate of drug-likeness (QED) is 0.227. The van der Waals surface area contributed by atoms with Gasteiger partial charge in [0, 0.05) is 0 Å². The molecule has 0 radical (unpaired) electrons. The van der Waals surface area contributed by atoms with Crippen molar-refractivity contribution in [2.75, 3.05) is 0 Å². The summed E-state index contributed by atoms with van der Waals surface area (Å²) in [6, 6.07) is 0. The van der Waals surface area contributed by atoms with E-state index in [4.69, 9.17) is 0 Å². The molecule has 0 aromatic carbocycles. The van der Waals surface area contributed by atoms with Gasteiger partial charge in [-0.1, -0.05) is 810 Å². The molecule has 0 bridgehead atoms. The lowest BCUT2D eigenvalue weighted by Crippen LogP contribution is 0.143. The van der Waals surface area contributed by atoms with Gasteiger partial charge in [0.1, 0.15) is 0 Å². The molecule has 0 spiro atoms. The lowest BCUT2D eigenvalue weighted by Gasteiger charge is -0.0786. The fourth-order valence-electron chi connectivity index (χ4n) is 0. The third kappa shape index (κ3) is 0. The van der Waals surface area contributed by atoms with E-state index in [9.17, 15) is 0 Å². The molecule has 0 atom stereocenters. The zero-order valence-corrected chi connectivity index (χ0v) is 0. The van der Waals surface area contributed by atoms with Gasteiger partial charge in [-0.05, 0) is 0 Å². The van der Waals surface area contributed by atoms with Crippen LogP contribution in [0.4, 0.5) is 0 Å². The summed E-state index contributed by atoms with van der Waals surface area (Å²) in [6.45, 7) is 0. The zero-order chi connectivity index (χ0) is 0. The first kappa shape index (κ1) is 0. The van der Waals surface area contributed by atoms with E-state index in [0.717, 1.165) is 0 Å². The average molecular weight is 1750 g/mol. The van der Waals surface area contributed by atoms with Gasteiger partial charge in [-0.2, -0.15) is 0 Å². The summed E-state index contributed by atoms with van der Waals surface area (Å²) in [5.41, 5.74) is 0. The molecule has 0 amide bonds. The van der Waals surface area contributed by atoms with E-state index >= 15 is 0 Å². The van der Waals surface area contributed by atoms with Crippen molar-refractivity contribution in [2.45, 2.75) is 810 Å². The standard InChI is InChI=1S/109CH4/h109*1H4. The van der Waals surface area contributed by atoms with Gasteiger partial charge in [0.2, 0.25) is 0 Å². The van der Waals surface area contributed by atoms with Gasteiger partial charge in [-0.15, -0.1) is 0 Å². The largest absolute Gasteiger partial charge is 0.0776 e. The first-order chi connectivity index (χ1) is 0. The van der Waals surface area contributed by atoms with Crippen LogP contribution in [-0.4, -0.2) is 0 Å². The van der Waals surface area contributed by atoms with Crippen LogP contribution in [0.15, 0.2) is 0 Å². The monoisotopic (exact) mass is 1750 g/mol. The Balaban J connectivity index is 0. The van der Waals surface area contributed by atoms with Crippen LogP contribution in [0, 0.1) is 0 Å². The SMILES string of the molecule is C.C.C.C.C.C.C.C.C.C.C.C.C.C.C.C.C.C.C.C.C.C.C.C.C.C.C.C.C.C.C.C.C.C.C.C.C.C.C.C.C.C.C.C.C.C.C.C.C.C.C.C.C.C.C.C.C.C.C.C.C.C.C.C.C.C.C.C.C.C.C.C.C.C.C.C.C.C.C.C.C.C.C.C.C.C.C.C.C.C.C.C.C.C.C.C.C.C.C.C.C.C.C.C.C.C.C.C.C. The van der Waals surface area contributed by atoms with Gasteiger partial charge in [0.05, 0.1) is 0 Å². The number of hydrogen-bond acceptors (Lipinski definition) is 0. The summed E-state index contributed by atoms with van der Waals surface area (Å²) >= 11 is 0. The third-order valence-corrected chi connectivity index (χ3v) is 0. The van der Waals surface area contributed by atoms with Gasteiger partial charge in [0.25, 0.3) is 0 Å². The van der Waals surface area contributed by atoms with Crippen LogP contribution >= 0.6 is 0 Å². The van der Waals surface area contributed by atoms with E-state index in [0.29, 0.717) is 0 Å². The molecule has 0 heteroatoms. The maximum absolute atomic E-state index is 0. The summed E-state index contributed by atoms with van der Waals surface area (Å²) in [7, 11) is 0. The Kier molecular flexibility index (Phi) is 0. The summed E-state index contributed by atoms with van der Waals surface area (Å²) in [5, 5.41) is 0. The fourth-order valence-corrected chi connectivity index (χ4v) is 0. The van der Waals surface area contributed by atoms with Crippen molar-refractivity contribution < 1.29 is 0 Å². The molecule has 0 N–H and O–H groups in total. The molecule has 0 aromatic rings. The Morgan fingerprint density at radius 2 is 0.00917 bits per heavy atom. The minimum Gasteiger partial charge on any atom is -0.0776 e. The van der Waals surface area contributed by atoms with E-state index in [-0.39, 0.29) is 810 Å². The van der Waals surface area contributed by atoms with Gasteiger partial charge in [0.15, 0.2) is 0 Å². The minimum atomic E-state index is 0. The lowest BCUT2D eigenvalue weighted by molar-refractivity contribution is 2.50. The summed E-state index contributed by atoms with van der Waals surface area (Å²) < 4.78 is 0. The summed E-state index contributed by atoms with van der Waals surface area (Å²) in [5.74, 6) is 0. The molecule has 109 heavy (non-hydrogen) atoms. The second kappa shape index (κ2) is 0. The predicted molar refractivity (Wildman–Crippen MR) is 734 cm³/mol. The van der Waals surface area contributed by atoms with Crippen molar-refractivity contribution in [3.63, 3.8) is 0 Å². The molecule has 872 valence electrons. The van der Waals surface area contributed by atoms with Crippen molar-refractivity contribution in [3.05, 3.63) is 0 Å². The highest BCUT2D eigenvalue weighted by Gasteiger charge is 0.0304. The van der Waals surface area contributed by atoms with E-state index in [2.05, 4.69) is 0 Å². The molecule has 0 aliphatic carbocycles. The molecule has 0 heterocycles.